The zero-order valence-electron chi connectivity index (χ0n) is 10.8. The third-order valence-electron chi connectivity index (χ3n) is 3.68. The second-order valence-electron chi connectivity index (χ2n) is 4.83. The minimum Gasteiger partial charge on any atom is -0.207 e. The summed E-state index contributed by atoms with van der Waals surface area (Å²) < 4.78 is 40.0. The summed E-state index contributed by atoms with van der Waals surface area (Å²) in [6.07, 6.45) is 2.85. The molecule has 0 atom stereocenters. The Labute approximate surface area is 122 Å². The van der Waals surface area contributed by atoms with Gasteiger partial charge < -0.3 is 0 Å². The first-order valence-electron chi connectivity index (χ1n) is 6.40. The van der Waals surface area contributed by atoms with Crippen molar-refractivity contribution >= 4 is 26.0 Å². The van der Waals surface area contributed by atoms with Crippen LogP contribution in [0.15, 0.2) is 27.6 Å². The van der Waals surface area contributed by atoms with Gasteiger partial charge in [0.1, 0.15) is 5.82 Å². The van der Waals surface area contributed by atoms with E-state index < -0.39 is 15.8 Å². The van der Waals surface area contributed by atoms with Crippen molar-refractivity contribution in [3.05, 3.63) is 28.5 Å². The van der Waals surface area contributed by atoms with E-state index in [1.165, 1.54) is 16.4 Å². The second kappa shape index (κ2) is 5.89. The lowest BCUT2D eigenvalue weighted by Crippen LogP contribution is -2.38. The van der Waals surface area contributed by atoms with E-state index in [0.29, 0.717) is 19.0 Å². The van der Waals surface area contributed by atoms with Gasteiger partial charge in [-0.3, -0.25) is 0 Å². The van der Waals surface area contributed by atoms with E-state index in [0.717, 1.165) is 25.3 Å². The van der Waals surface area contributed by atoms with Gasteiger partial charge in [-0.1, -0.05) is 13.3 Å². The van der Waals surface area contributed by atoms with Gasteiger partial charge in [-0.05, 0) is 52.9 Å². The van der Waals surface area contributed by atoms with Crippen LogP contribution in [0.4, 0.5) is 4.39 Å². The van der Waals surface area contributed by atoms with Crippen molar-refractivity contribution in [3.8, 4) is 0 Å². The number of nitrogens with zero attached hydrogens (tertiary/aromatic N) is 1. The second-order valence-corrected chi connectivity index (χ2v) is 7.62. The molecule has 1 aliphatic heterocycles. The topological polar surface area (TPSA) is 37.4 Å². The molecule has 1 heterocycles. The summed E-state index contributed by atoms with van der Waals surface area (Å²) in [6.45, 7) is 3.18. The number of hydrogen-bond acceptors (Lipinski definition) is 2. The maximum atomic E-state index is 13.5. The summed E-state index contributed by atoms with van der Waals surface area (Å²) in [5.41, 5.74) is 0. The largest absolute Gasteiger partial charge is 0.243 e. The van der Waals surface area contributed by atoms with Gasteiger partial charge in [-0.15, -0.1) is 0 Å². The molecule has 1 aliphatic rings. The molecule has 0 saturated carbocycles. The molecule has 2 rings (SSSR count). The van der Waals surface area contributed by atoms with Crippen LogP contribution in [0.1, 0.15) is 26.2 Å². The van der Waals surface area contributed by atoms with Crippen molar-refractivity contribution < 1.29 is 12.8 Å². The molecule has 1 saturated heterocycles. The predicted molar refractivity (Wildman–Crippen MR) is 75.9 cm³/mol. The van der Waals surface area contributed by atoms with Crippen molar-refractivity contribution in [2.24, 2.45) is 5.92 Å². The molecule has 1 aromatic rings. The Morgan fingerprint density at radius 2 is 2.00 bits per heavy atom. The number of rotatable bonds is 3. The van der Waals surface area contributed by atoms with Crippen LogP contribution >= 0.6 is 15.9 Å². The fraction of sp³-hybridized carbons (Fsp3) is 0.538. The number of piperidine rings is 1. The fourth-order valence-corrected chi connectivity index (χ4v) is 4.07. The fourth-order valence-electron chi connectivity index (χ4n) is 2.34. The van der Waals surface area contributed by atoms with Crippen molar-refractivity contribution in [1.82, 2.24) is 4.31 Å². The minimum atomic E-state index is -3.56. The summed E-state index contributed by atoms with van der Waals surface area (Å²) in [5.74, 6) is 0.0534. The summed E-state index contributed by atoms with van der Waals surface area (Å²) >= 11 is 3.03. The molecule has 1 aromatic carbocycles. The molecular weight excluding hydrogens is 333 g/mol. The molecule has 0 aromatic heterocycles. The van der Waals surface area contributed by atoms with Gasteiger partial charge in [-0.25, -0.2) is 12.8 Å². The van der Waals surface area contributed by atoms with Crippen molar-refractivity contribution in [1.29, 1.82) is 0 Å². The molecule has 0 spiro atoms. The predicted octanol–water partition coefficient (Wildman–Crippen LogP) is 3.40. The molecule has 0 radical (unpaired) electrons. The molecular formula is C13H17BrFNO2S. The van der Waals surface area contributed by atoms with Crippen molar-refractivity contribution in [2.45, 2.75) is 31.1 Å². The molecule has 106 valence electrons. The Balaban J connectivity index is 2.21. The van der Waals surface area contributed by atoms with Crippen LogP contribution in [0.25, 0.3) is 0 Å². The number of halogens is 2. The van der Waals surface area contributed by atoms with Gasteiger partial charge in [0.15, 0.2) is 0 Å². The highest BCUT2D eigenvalue weighted by molar-refractivity contribution is 9.10. The summed E-state index contributed by atoms with van der Waals surface area (Å²) in [7, 11) is -3.56. The molecule has 1 fully saturated rings. The first-order chi connectivity index (χ1) is 8.95. The van der Waals surface area contributed by atoms with Gasteiger partial charge in [0.25, 0.3) is 0 Å². The van der Waals surface area contributed by atoms with Gasteiger partial charge in [0.05, 0.1) is 9.37 Å². The molecule has 3 nitrogen and oxygen atoms in total. The van der Waals surface area contributed by atoms with Gasteiger partial charge in [0, 0.05) is 13.1 Å². The molecule has 0 unspecified atom stereocenters. The van der Waals surface area contributed by atoms with Crippen LogP contribution in [0.2, 0.25) is 0 Å². The van der Waals surface area contributed by atoms with Crippen molar-refractivity contribution in [3.63, 3.8) is 0 Å². The Kier molecular flexibility index (Phi) is 4.63. The van der Waals surface area contributed by atoms with Crippen molar-refractivity contribution in [2.75, 3.05) is 13.1 Å². The Bertz CT molecular complexity index is 554. The zero-order chi connectivity index (χ0) is 14.0. The third-order valence-corrected chi connectivity index (χ3v) is 6.22. The Hall–Kier alpha value is -0.460. The van der Waals surface area contributed by atoms with Gasteiger partial charge in [0.2, 0.25) is 10.0 Å². The highest BCUT2D eigenvalue weighted by Gasteiger charge is 2.29. The highest BCUT2D eigenvalue weighted by atomic mass is 79.9. The quantitative estimate of drug-likeness (QED) is 0.838. The molecule has 0 bridgehead atoms. The maximum absolute atomic E-state index is 13.5. The lowest BCUT2D eigenvalue weighted by Gasteiger charge is -2.30. The number of hydrogen-bond donors (Lipinski definition) is 0. The summed E-state index contributed by atoms with van der Waals surface area (Å²) in [4.78, 5) is 0.0307. The van der Waals surface area contributed by atoms with Crippen LogP contribution < -0.4 is 0 Å². The van der Waals surface area contributed by atoms with Crippen LogP contribution in [-0.2, 0) is 10.0 Å². The molecule has 0 N–H and O–H groups in total. The van der Waals surface area contributed by atoms with Crippen LogP contribution in [-0.4, -0.2) is 25.8 Å². The van der Waals surface area contributed by atoms with Crippen LogP contribution in [0, 0.1) is 11.7 Å². The first kappa shape index (κ1) is 14.9. The third kappa shape index (κ3) is 3.17. The lowest BCUT2D eigenvalue weighted by molar-refractivity contribution is 0.269. The van der Waals surface area contributed by atoms with E-state index in [2.05, 4.69) is 22.9 Å². The first-order valence-corrected chi connectivity index (χ1v) is 8.63. The number of benzene rings is 1. The van der Waals surface area contributed by atoms with Gasteiger partial charge in [-0.2, -0.15) is 4.31 Å². The Morgan fingerprint density at radius 1 is 1.37 bits per heavy atom. The molecule has 0 aliphatic carbocycles. The smallest absolute Gasteiger partial charge is 0.207 e. The summed E-state index contributed by atoms with van der Waals surface area (Å²) in [5, 5.41) is 0. The minimum absolute atomic E-state index is 0.0307. The van der Waals surface area contributed by atoms with Crippen LogP contribution in [0.3, 0.4) is 0 Å². The van der Waals surface area contributed by atoms with E-state index in [-0.39, 0.29) is 9.37 Å². The molecule has 6 heteroatoms. The van der Waals surface area contributed by atoms with E-state index in [1.54, 1.807) is 0 Å². The van der Waals surface area contributed by atoms with E-state index in [9.17, 15) is 12.8 Å². The highest BCUT2D eigenvalue weighted by Crippen LogP contribution is 2.27. The lowest BCUT2D eigenvalue weighted by atomic mass is 9.96. The Morgan fingerprint density at radius 3 is 2.53 bits per heavy atom. The van der Waals surface area contributed by atoms with E-state index >= 15 is 0 Å². The van der Waals surface area contributed by atoms with Crippen LogP contribution in [0.5, 0.6) is 0 Å². The normalized spacial score (nSPS) is 18.7. The average Bonchev–Trinajstić information content (AvgIpc) is 2.41. The standard InChI is InChI=1S/C13H17BrFNO2S/c1-2-10-5-7-16(8-6-10)19(17,18)11-3-4-12(14)13(15)9-11/h3-4,9-10H,2,5-8H2,1H3. The van der Waals surface area contributed by atoms with Gasteiger partial charge >= 0.3 is 0 Å². The summed E-state index contributed by atoms with van der Waals surface area (Å²) in [6, 6.07) is 3.95. The zero-order valence-corrected chi connectivity index (χ0v) is 13.2. The van der Waals surface area contributed by atoms with E-state index in [1.807, 2.05) is 0 Å². The monoisotopic (exact) mass is 349 g/mol. The molecule has 0 amide bonds. The maximum Gasteiger partial charge on any atom is 0.243 e. The molecule has 19 heavy (non-hydrogen) atoms. The van der Waals surface area contributed by atoms with E-state index in [4.69, 9.17) is 0 Å². The average molecular weight is 350 g/mol. The number of sulfonamides is 1. The SMILES string of the molecule is CCC1CCN(S(=O)(=O)c2ccc(Br)c(F)c2)CC1.